The van der Waals surface area contributed by atoms with Crippen LogP contribution in [0.5, 0.6) is 0 Å². The molecule has 0 aromatic heterocycles. The predicted octanol–water partition coefficient (Wildman–Crippen LogP) is 1.27. The number of thioether (sulfide) groups is 1. The predicted molar refractivity (Wildman–Crippen MR) is 153 cm³/mol. The molecule has 0 unspecified atom stereocenters. The first-order valence-electron chi connectivity index (χ1n) is 13.8. The van der Waals surface area contributed by atoms with Gasteiger partial charge in [0.1, 0.15) is 6.61 Å². The lowest BCUT2D eigenvalue weighted by molar-refractivity contribution is -0.126. The molecular weight excluding hydrogens is 538 g/mol. The maximum atomic E-state index is 12.4. The molecule has 2 heterocycles. The molecule has 0 saturated carbocycles. The number of nitrogens with one attached hydrogen (secondary N) is 5. The van der Waals surface area contributed by atoms with Crippen molar-refractivity contribution in [3.8, 4) is 0 Å². The van der Waals surface area contributed by atoms with Gasteiger partial charge in [0, 0.05) is 41.8 Å². The van der Waals surface area contributed by atoms with Crippen LogP contribution in [0.2, 0.25) is 0 Å². The van der Waals surface area contributed by atoms with Gasteiger partial charge in [-0.15, -0.1) is 0 Å². The Balaban J connectivity index is 1.17. The molecule has 2 aliphatic heterocycles. The van der Waals surface area contributed by atoms with Gasteiger partial charge in [0.15, 0.2) is 0 Å². The van der Waals surface area contributed by atoms with Crippen LogP contribution < -0.4 is 26.6 Å². The molecule has 1 aromatic carbocycles. The van der Waals surface area contributed by atoms with Crippen molar-refractivity contribution in [2.24, 2.45) is 0 Å². The first-order chi connectivity index (χ1) is 19.5. The maximum absolute atomic E-state index is 12.4. The Hall–Kier alpha value is -2.87. The second-order valence-electron chi connectivity index (χ2n) is 9.52. The topological polar surface area (TPSA) is 156 Å². The van der Waals surface area contributed by atoms with Gasteiger partial charge in [0.05, 0.1) is 45.1 Å². The smallest absolute Gasteiger partial charge is 0.315 e. The van der Waals surface area contributed by atoms with Crippen LogP contribution in [0.4, 0.5) is 10.5 Å². The van der Waals surface area contributed by atoms with E-state index in [4.69, 9.17) is 14.2 Å². The molecular formula is C27H41N5O7S. The van der Waals surface area contributed by atoms with Crippen molar-refractivity contribution in [2.75, 3.05) is 63.8 Å². The van der Waals surface area contributed by atoms with E-state index in [9.17, 15) is 19.2 Å². The molecule has 2 aliphatic rings. The molecule has 5 N–H and O–H groups in total. The van der Waals surface area contributed by atoms with E-state index in [2.05, 4.69) is 33.5 Å². The molecule has 2 fully saturated rings. The van der Waals surface area contributed by atoms with Crippen LogP contribution in [-0.4, -0.2) is 99.6 Å². The molecule has 0 radical (unpaired) electrons. The number of unbranched alkanes of at least 4 members (excludes halogenated alkanes) is 1. The summed E-state index contributed by atoms with van der Waals surface area (Å²) in [6.07, 6.45) is 3.03. The molecule has 13 heteroatoms. The zero-order chi connectivity index (χ0) is 28.6. The first-order valence-corrected chi connectivity index (χ1v) is 14.9. The summed E-state index contributed by atoms with van der Waals surface area (Å²) in [5, 5.41) is 14.5. The minimum atomic E-state index is -0.228. The Morgan fingerprint density at radius 3 is 2.40 bits per heavy atom. The summed E-state index contributed by atoms with van der Waals surface area (Å²) >= 11 is 1.78. The van der Waals surface area contributed by atoms with Crippen molar-refractivity contribution in [3.63, 3.8) is 0 Å². The molecule has 0 spiro atoms. The number of hydrogen-bond donors (Lipinski definition) is 5. The van der Waals surface area contributed by atoms with Gasteiger partial charge >= 0.3 is 6.03 Å². The lowest BCUT2D eigenvalue weighted by Gasteiger charge is -2.16. The van der Waals surface area contributed by atoms with Crippen molar-refractivity contribution in [1.29, 1.82) is 0 Å². The number of carbonyl (C=O) groups excluding carboxylic acids is 4. The Morgan fingerprint density at radius 2 is 1.65 bits per heavy atom. The van der Waals surface area contributed by atoms with Gasteiger partial charge in [-0.05, 0) is 37.1 Å². The van der Waals surface area contributed by atoms with Gasteiger partial charge < -0.3 is 40.8 Å². The average molecular weight is 580 g/mol. The lowest BCUT2D eigenvalue weighted by atomic mass is 10.0. The van der Waals surface area contributed by atoms with Crippen LogP contribution in [-0.2, 0) is 23.8 Å². The summed E-state index contributed by atoms with van der Waals surface area (Å²) in [6, 6.07) is 6.80. The number of carbonyl (C=O) groups is 4. The van der Waals surface area contributed by atoms with Gasteiger partial charge in [-0.2, -0.15) is 11.8 Å². The molecule has 5 amide bonds. The molecule has 0 bridgehead atoms. The summed E-state index contributed by atoms with van der Waals surface area (Å²) in [4.78, 5) is 47.7. The minimum Gasteiger partial charge on any atom is -0.377 e. The summed E-state index contributed by atoms with van der Waals surface area (Å²) in [5.74, 6) is 0.411. The third-order valence-corrected chi connectivity index (χ3v) is 7.90. The number of anilines is 1. The van der Waals surface area contributed by atoms with Crippen molar-refractivity contribution >= 4 is 41.2 Å². The van der Waals surface area contributed by atoms with Crippen molar-refractivity contribution in [1.82, 2.24) is 21.3 Å². The highest BCUT2D eigenvalue weighted by atomic mass is 32.2. The van der Waals surface area contributed by atoms with E-state index in [1.165, 1.54) is 0 Å². The van der Waals surface area contributed by atoms with Crippen LogP contribution in [0, 0.1) is 0 Å². The van der Waals surface area contributed by atoms with Crippen molar-refractivity contribution in [2.45, 2.75) is 49.9 Å². The van der Waals surface area contributed by atoms with Crippen LogP contribution in [0.15, 0.2) is 24.3 Å². The summed E-state index contributed by atoms with van der Waals surface area (Å²) in [6.45, 7) is 4.94. The third-order valence-electron chi connectivity index (χ3n) is 6.39. The van der Waals surface area contributed by atoms with E-state index in [0.29, 0.717) is 70.2 Å². The lowest BCUT2D eigenvalue weighted by Crippen LogP contribution is -2.37. The Morgan fingerprint density at radius 1 is 0.925 bits per heavy atom. The highest BCUT2D eigenvalue weighted by Gasteiger charge is 2.42. The van der Waals surface area contributed by atoms with Gasteiger partial charge in [0.2, 0.25) is 11.8 Å². The van der Waals surface area contributed by atoms with Crippen LogP contribution >= 0.6 is 11.8 Å². The number of rotatable bonds is 19. The van der Waals surface area contributed by atoms with Crippen LogP contribution in [0.1, 0.15) is 43.0 Å². The Kier molecular flexibility index (Phi) is 14.0. The molecule has 2 saturated heterocycles. The molecule has 3 rings (SSSR count). The zero-order valence-corrected chi connectivity index (χ0v) is 23.8. The quantitative estimate of drug-likeness (QED) is 0.121. The van der Waals surface area contributed by atoms with E-state index in [1.807, 2.05) is 0 Å². The second kappa shape index (κ2) is 17.7. The molecule has 40 heavy (non-hydrogen) atoms. The number of fused-ring (bicyclic) bond motifs is 1. The van der Waals surface area contributed by atoms with Gasteiger partial charge in [-0.3, -0.25) is 14.4 Å². The minimum absolute atomic E-state index is 0.0299. The largest absolute Gasteiger partial charge is 0.377 e. The highest BCUT2D eigenvalue weighted by molar-refractivity contribution is 8.00. The molecule has 0 aliphatic carbocycles. The van der Waals surface area contributed by atoms with Crippen LogP contribution in [0.3, 0.4) is 0 Å². The zero-order valence-electron chi connectivity index (χ0n) is 23.0. The van der Waals surface area contributed by atoms with Gasteiger partial charge in [0.25, 0.3) is 5.91 Å². The Labute approximate surface area is 239 Å². The Bertz CT molecular complexity index is 965. The number of amides is 5. The van der Waals surface area contributed by atoms with E-state index in [0.717, 1.165) is 18.6 Å². The number of hydrogen-bond acceptors (Lipinski definition) is 8. The van der Waals surface area contributed by atoms with Gasteiger partial charge in [-0.1, -0.05) is 13.3 Å². The van der Waals surface area contributed by atoms with E-state index in [1.54, 1.807) is 36.0 Å². The normalized spacial score (nSPS) is 19.4. The van der Waals surface area contributed by atoms with E-state index < -0.39 is 0 Å². The second-order valence-corrected chi connectivity index (χ2v) is 10.8. The van der Waals surface area contributed by atoms with Crippen molar-refractivity contribution < 1.29 is 33.4 Å². The van der Waals surface area contributed by atoms with Gasteiger partial charge in [-0.25, -0.2) is 4.79 Å². The molecule has 12 nitrogen and oxygen atoms in total. The SMILES string of the molecule is CCCCNC(=O)COCCOCCOCCNC(=O)c1ccc(NC(=O)CC[C@H]2SC[C@H]3NC(=O)N[C@H]32)cc1. The number of ether oxygens (including phenoxy) is 3. The molecule has 222 valence electrons. The fourth-order valence-electron chi connectivity index (χ4n) is 4.24. The molecule has 1 aromatic rings. The van der Waals surface area contributed by atoms with Crippen LogP contribution in [0.25, 0.3) is 0 Å². The summed E-state index contributed by atoms with van der Waals surface area (Å²) in [7, 11) is 0. The number of benzene rings is 1. The third kappa shape index (κ3) is 11.3. The summed E-state index contributed by atoms with van der Waals surface area (Å²) in [5.41, 5.74) is 1.11. The average Bonchev–Trinajstić information content (AvgIpc) is 3.50. The monoisotopic (exact) mass is 579 g/mol. The maximum Gasteiger partial charge on any atom is 0.315 e. The standard InChI is InChI=1S/C27H41N5O7S/c1-2-3-10-28-24(34)17-39-16-15-38-14-13-37-12-11-29-26(35)19-4-6-20(7-5-19)30-23(33)9-8-22-25-21(18-40-22)31-27(36)32-25/h4-7,21-22,25H,2-3,8-18H2,1H3,(H,28,34)(H,29,35)(H,30,33)(H2,31,32,36)/t21-,22-,25-/m1/s1. The fraction of sp³-hybridized carbons (Fsp3) is 0.630. The first kappa shape index (κ1) is 31.7. The summed E-state index contributed by atoms with van der Waals surface area (Å²) < 4.78 is 16.1. The van der Waals surface area contributed by atoms with Crippen molar-refractivity contribution in [3.05, 3.63) is 29.8 Å². The molecule has 3 atom stereocenters. The van der Waals surface area contributed by atoms with E-state index >= 15 is 0 Å². The number of urea groups is 1. The highest BCUT2D eigenvalue weighted by Crippen LogP contribution is 2.32. The fourth-order valence-corrected chi connectivity index (χ4v) is 5.74. The van der Waals surface area contributed by atoms with E-state index in [-0.39, 0.29) is 47.7 Å².